The normalized spacial score (nSPS) is 10.2. The van der Waals surface area contributed by atoms with Crippen molar-refractivity contribution in [1.29, 1.82) is 0 Å². The molecule has 3 nitrogen and oxygen atoms in total. The van der Waals surface area contributed by atoms with E-state index in [-0.39, 0.29) is 12.4 Å². The SMILES string of the molecule is CCOc1c(CO)cccc1C(=O)CCBr. The minimum absolute atomic E-state index is 0.0237. The summed E-state index contributed by atoms with van der Waals surface area (Å²) in [4.78, 5) is 11.8. The second kappa shape index (κ2) is 6.66. The third kappa shape index (κ3) is 3.06. The van der Waals surface area contributed by atoms with Crippen LogP contribution in [0.15, 0.2) is 18.2 Å². The van der Waals surface area contributed by atoms with Crippen molar-refractivity contribution < 1.29 is 14.6 Å². The van der Waals surface area contributed by atoms with Crippen LogP contribution in [-0.4, -0.2) is 22.8 Å². The molecule has 0 aromatic heterocycles. The molecule has 0 radical (unpaired) electrons. The van der Waals surface area contributed by atoms with Crippen LogP contribution in [0.3, 0.4) is 0 Å². The zero-order chi connectivity index (χ0) is 12.0. The van der Waals surface area contributed by atoms with Gasteiger partial charge in [-0.3, -0.25) is 4.79 Å². The highest BCUT2D eigenvalue weighted by atomic mass is 79.9. The maximum atomic E-state index is 11.8. The first-order valence-corrected chi connectivity index (χ1v) is 6.31. The van der Waals surface area contributed by atoms with Gasteiger partial charge < -0.3 is 9.84 Å². The van der Waals surface area contributed by atoms with Crippen molar-refractivity contribution in [2.45, 2.75) is 20.0 Å². The van der Waals surface area contributed by atoms with Gasteiger partial charge in [-0.25, -0.2) is 0 Å². The van der Waals surface area contributed by atoms with Gasteiger partial charge >= 0.3 is 0 Å². The number of rotatable bonds is 6. The summed E-state index contributed by atoms with van der Waals surface area (Å²) in [5.41, 5.74) is 1.20. The van der Waals surface area contributed by atoms with E-state index in [1.165, 1.54) is 0 Å². The Bertz CT molecular complexity index is 363. The number of alkyl halides is 1. The van der Waals surface area contributed by atoms with Crippen LogP contribution in [0.25, 0.3) is 0 Å². The molecule has 0 heterocycles. The maximum absolute atomic E-state index is 11.8. The van der Waals surface area contributed by atoms with Crippen LogP contribution >= 0.6 is 15.9 Å². The molecule has 16 heavy (non-hydrogen) atoms. The van der Waals surface area contributed by atoms with Crippen LogP contribution in [0.5, 0.6) is 5.75 Å². The number of ketones is 1. The molecule has 1 aromatic rings. The molecule has 0 amide bonds. The average molecular weight is 287 g/mol. The Morgan fingerprint density at radius 3 is 2.81 bits per heavy atom. The molecule has 0 bridgehead atoms. The van der Waals surface area contributed by atoms with Crippen LogP contribution in [0, 0.1) is 0 Å². The Hall–Kier alpha value is -0.870. The predicted molar refractivity (Wildman–Crippen MR) is 66.3 cm³/mol. The number of para-hydroxylation sites is 1. The van der Waals surface area contributed by atoms with Crippen LogP contribution in [-0.2, 0) is 6.61 Å². The fraction of sp³-hybridized carbons (Fsp3) is 0.417. The van der Waals surface area contributed by atoms with Gasteiger partial charge in [-0.15, -0.1) is 0 Å². The fourth-order valence-corrected chi connectivity index (χ4v) is 1.82. The van der Waals surface area contributed by atoms with Crippen molar-refractivity contribution in [3.63, 3.8) is 0 Å². The average Bonchev–Trinajstić information content (AvgIpc) is 2.30. The minimum Gasteiger partial charge on any atom is -0.493 e. The molecular weight excluding hydrogens is 272 g/mol. The molecule has 4 heteroatoms. The van der Waals surface area contributed by atoms with E-state index in [0.717, 1.165) is 0 Å². The minimum atomic E-state index is -0.120. The summed E-state index contributed by atoms with van der Waals surface area (Å²) in [6.07, 6.45) is 0.426. The third-order valence-corrected chi connectivity index (χ3v) is 2.57. The number of carbonyl (C=O) groups is 1. The van der Waals surface area contributed by atoms with Gasteiger partial charge in [-0.1, -0.05) is 28.1 Å². The Morgan fingerprint density at radius 2 is 2.25 bits per heavy atom. The number of ether oxygens (including phenoxy) is 1. The number of Topliss-reactive ketones (excluding diaryl/α,β-unsaturated/α-hetero) is 1. The van der Waals surface area contributed by atoms with Gasteiger partial charge in [0.15, 0.2) is 5.78 Å². The molecule has 88 valence electrons. The van der Waals surface area contributed by atoms with E-state index in [1.54, 1.807) is 18.2 Å². The van der Waals surface area contributed by atoms with E-state index >= 15 is 0 Å². The van der Waals surface area contributed by atoms with Crippen LogP contribution in [0.1, 0.15) is 29.3 Å². The Kier molecular flexibility index (Phi) is 5.49. The second-order valence-electron chi connectivity index (χ2n) is 3.25. The number of benzene rings is 1. The third-order valence-electron chi connectivity index (χ3n) is 2.18. The van der Waals surface area contributed by atoms with E-state index < -0.39 is 0 Å². The highest BCUT2D eigenvalue weighted by Gasteiger charge is 2.14. The molecule has 0 spiro atoms. The van der Waals surface area contributed by atoms with E-state index in [9.17, 15) is 9.90 Å². The summed E-state index contributed by atoms with van der Waals surface area (Å²) in [6.45, 7) is 2.21. The van der Waals surface area contributed by atoms with E-state index in [2.05, 4.69) is 15.9 Å². The van der Waals surface area contributed by atoms with Gasteiger partial charge in [0.05, 0.1) is 18.8 Å². The number of aliphatic hydroxyl groups is 1. The van der Waals surface area contributed by atoms with Crippen molar-refractivity contribution in [3.8, 4) is 5.75 Å². The highest BCUT2D eigenvalue weighted by Crippen LogP contribution is 2.25. The standard InChI is InChI=1S/C12H15BrO3/c1-2-16-12-9(8-14)4-3-5-10(12)11(15)6-7-13/h3-5,14H,2,6-8H2,1H3. The summed E-state index contributed by atoms with van der Waals surface area (Å²) in [5, 5.41) is 9.81. The van der Waals surface area contributed by atoms with Crippen molar-refractivity contribution in [2.75, 3.05) is 11.9 Å². The first-order chi connectivity index (χ1) is 7.74. The summed E-state index contributed by atoms with van der Waals surface area (Å²) >= 11 is 3.24. The first kappa shape index (κ1) is 13.2. The molecule has 0 atom stereocenters. The number of hydrogen-bond donors (Lipinski definition) is 1. The van der Waals surface area contributed by atoms with Crippen molar-refractivity contribution in [3.05, 3.63) is 29.3 Å². The molecule has 1 aromatic carbocycles. The molecule has 0 aliphatic carbocycles. The lowest BCUT2D eigenvalue weighted by Crippen LogP contribution is -2.07. The van der Waals surface area contributed by atoms with Gasteiger partial charge in [-0.2, -0.15) is 0 Å². The Labute approximate surface area is 104 Å². The van der Waals surface area contributed by atoms with Crippen LogP contribution < -0.4 is 4.74 Å². The second-order valence-corrected chi connectivity index (χ2v) is 4.04. The molecule has 0 aliphatic rings. The van der Waals surface area contributed by atoms with Gasteiger partial charge in [0.1, 0.15) is 5.75 Å². The number of carbonyl (C=O) groups excluding carboxylic acids is 1. The number of halogens is 1. The molecule has 1 N–H and O–H groups in total. The smallest absolute Gasteiger partial charge is 0.167 e. The van der Waals surface area contributed by atoms with Crippen molar-refractivity contribution >= 4 is 21.7 Å². The summed E-state index contributed by atoms with van der Waals surface area (Å²) in [6, 6.07) is 5.25. The number of hydrogen-bond acceptors (Lipinski definition) is 3. The summed E-state index contributed by atoms with van der Waals surface area (Å²) in [5.74, 6) is 0.536. The summed E-state index contributed by atoms with van der Waals surface area (Å²) in [7, 11) is 0. The lowest BCUT2D eigenvalue weighted by Gasteiger charge is -2.12. The summed E-state index contributed by atoms with van der Waals surface area (Å²) < 4.78 is 5.43. The lowest BCUT2D eigenvalue weighted by atomic mass is 10.0. The Balaban J connectivity index is 3.10. The zero-order valence-corrected chi connectivity index (χ0v) is 10.8. The molecular formula is C12H15BrO3. The quantitative estimate of drug-likeness (QED) is 0.646. The lowest BCUT2D eigenvalue weighted by molar-refractivity contribution is 0.0985. The molecule has 0 saturated carbocycles. The first-order valence-electron chi connectivity index (χ1n) is 5.19. The van der Waals surface area contributed by atoms with Gasteiger partial charge in [0.2, 0.25) is 0 Å². The van der Waals surface area contributed by atoms with Crippen LogP contribution in [0.2, 0.25) is 0 Å². The topological polar surface area (TPSA) is 46.5 Å². The maximum Gasteiger partial charge on any atom is 0.167 e. The largest absolute Gasteiger partial charge is 0.493 e. The predicted octanol–water partition coefficient (Wildman–Crippen LogP) is 2.55. The number of aliphatic hydroxyl groups excluding tert-OH is 1. The molecule has 1 rings (SSSR count). The van der Waals surface area contributed by atoms with Crippen molar-refractivity contribution in [2.24, 2.45) is 0 Å². The zero-order valence-electron chi connectivity index (χ0n) is 9.20. The monoisotopic (exact) mass is 286 g/mol. The van der Waals surface area contributed by atoms with E-state index in [4.69, 9.17) is 4.74 Å². The van der Waals surface area contributed by atoms with Crippen LogP contribution in [0.4, 0.5) is 0 Å². The molecule has 0 fully saturated rings. The fourth-order valence-electron chi connectivity index (χ4n) is 1.46. The van der Waals surface area contributed by atoms with Crippen molar-refractivity contribution in [1.82, 2.24) is 0 Å². The molecule has 0 unspecified atom stereocenters. The molecule has 0 aliphatic heterocycles. The van der Waals surface area contributed by atoms with E-state index in [1.807, 2.05) is 6.92 Å². The van der Waals surface area contributed by atoms with Gasteiger partial charge in [-0.05, 0) is 13.0 Å². The van der Waals surface area contributed by atoms with Gasteiger partial charge in [0.25, 0.3) is 0 Å². The molecule has 0 saturated heterocycles. The highest BCUT2D eigenvalue weighted by molar-refractivity contribution is 9.09. The van der Waals surface area contributed by atoms with Gasteiger partial charge in [0, 0.05) is 17.3 Å². The Morgan fingerprint density at radius 1 is 1.50 bits per heavy atom. The van der Waals surface area contributed by atoms with E-state index in [0.29, 0.717) is 35.2 Å².